The van der Waals surface area contributed by atoms with Crippen molar-refractivity contribution in [2.45, 2.75) is 6.92 Å². The van der Waals surface area contributed by atoms with Crippen LogP contribution in [0.15, 0.2) is 35.5 Å². The fourth-order valence-corrected chi connectivity index (χ4v) is 1.44. The summed E-state index contributed by atoms with van der Waals surface area (Å²) in [7, 11) is 0. The molecule has 0 saturated carbocycles. The number of rotatable bonds is 5. The van der Waals surface area contributed by atoms with Crippen LogP contribution in [-0.4, -0.2) is 19.1 Å². The predicted octanol–water partition coefficient (Wildman–Crippen LogP) is 3.60. The molecule has 0 spiro atoms. The molecule has 1 rings (SSSR count). The number of carbonyl (C=O) groups is 1. The maximum Gasteiger partial charge on any atom is 0.331 e. The van der Waals surface area contributed by atoms with E-state index in [2.05, 4.69) is 10.0 Å². The minimum Gasteiger partial charge on any atom is -0.463 e. The van der Waals surface area contributed by atoms with Gasteiger partial charge in [0.25, 0.3) is 0 Å². The topological polar surface area (TPSA) is 75.1 Å². The molecule has 0 N–H and O–H groups in total. The lowest BCUT2D eigenvalue weighted by Crippen LogP contribution is -2.02. The lowest BCUT2D eigenvalue weighted by molar-refractivity contribution is -0.137. The van der Waals surface area contributed by atoms with Crippen molar-refractivity contribution in [3.63, 3.8) is 0 Å². The zero-order valence-electron chi connectivity index (χ0n) is 9.84. The molecule has 18 heavy (non-hydrogen) atoms. The number of halogens is 1. The smallest absolute Gasteiger partial charge is 0.331 e. The van der Waals surface area contributed by atoms with E-state index in [0.717, 1.165) is 5.56 Å². The number of ether oxygens (including phenoxy) is 1. The number of benzene rings is 1. The molecule has 0 aliphatic rings. The van der Waals surface area contributed by atoms with Crippen molar-refractivity contribution in [2.24, 2.45) is 5.11 Å². The molecule has 0 aromatic heterocycles. The van der Waals surface area contributed by atoms with Crippen molar-refractivity contribution in [3.8, 4) is 0 Å². The summed E-state index contributed by atoms with van der Waals surface area (Å²) in [5.74, 6) is -0.462. The van der Waals surface area contributed by atoms with Crippen molar-refractivity contribution in [1.29, 1.82) is 0 Å². The Labute approximate surface area is 110 Å². The number of hydrogen-bond donors (Lipinski definition) is 0. The summed E-state index contributed by atoms with van der Waals surface area (Å²) in [6.07, 6.45) is 1.32. The lowest BCUT2D eigenvalue weighted by atomic mass is 10.1. The highest BCUT2D eigenvalue weighted by Crippen LogP contribution is 2.18. The van der Waals surface area contributed by atoms with Crippen LogP contribution in [0.3, 0.4) is 0 Å². The third-order valence-corrected chi connectivity index (χ3v) is 2.35. The Kier molecular flexibility index (Phi) is 5.77. The van der Waals surface area contributed by atoms with Gasteiger partial charge >= 0.3 is 5.97 Å². The van der Waals surface area contributed by atoms with Crippen LogP contribution in [-0.2, 0) is 9.53 Å². The number of esters is 1. The van der Waals surface area contributed by atoms with Crippen molar-refractivity contribution in [1.82, 2.24) is 0 Å². The van der Waals surface area contributed by atoms with Gasteiger partial charge in [0.2, 0.25) is 0 Å². The van der Waals surface area contributed by atoms with Crippen LogP contribution >= 0.6 is 11.6 Å². The van der Waals surface area contributed by atoms with Gasteiger partial charge in [0.05, 0.1) is 13.2 Å². The Morgan fingerprint density at radius 1 is 1.50 bits per heavy atom. The van der Waals surface area contributed by atoms with E-state index in [1.165, 1.54) is 6.08 Å². The summed E-state index contributed by atoms with van der Waals surface area (Å²) >= 11 is 5.78. The van der Waals surface area contributed by atoms with E-state index in [9.17, 15) is 4.79 Å². The fourth-order valence-electron chi connectivity index (χ4n) is 1.32. The maximum atomic E-state index is 11.4. The van der Waals surface area contributed by atoms with E-state index in [1.807, 2.05) is 0 Å². The van der Waals surface area contributed by atoms with Crippen molar-refractivity contribution in [2.75, 3.05) is 13.2 Å². The van der Waals surface area contributed by atoms with Crippen LogP contribution in [0, 0.1) is 0 Å². The molecular formula is C12H12ClN3O2. The average molecular weight is 266 g/mol. The monoisotopic (exact) mass is 265 g/mol. The molecule has 0 atom stereocenters. The third kappa shape index (κ3) is 4.49. The number of carbonyl (C=O) groups excluding carboxylic acids is 1. The molecule has 0 aliphatic heterocycles. The van der Waals surface area contributed by atoms with E-state index in [0.29, 0.717) is 17.2 Å². The Bertz CT molecular complexity index is 491. The van der Waals surface area contributed by atoms with Gasteiger partial charge in [-0.15, -0.1) is 0 Å². The van der Waals surface area contributed by atoms with Crippen LogP contribution < -0.4 is 0 Å². The summed E-state index contributed by atoms with van der Waals surface area (Å²) in [6.45, 7) is 2.10. The molecule has 1 aromatic carbocycles. The van der Waals surface area contributed by atoms with E-state index in [-0.39, 0.29) is 6.54 Å². The molecule has 0 aliphatic carbocycles. The largest absolute Gasteiger partial charge is 0.463 e. The first-order valence-corrected chi connectivity index (χ1v) is 5.69. The summed E-state index contributed by atoms with van der Waals surface area (Å²) in [5.41, 5.74) is 9.69. The van der Waals surface area contributed by atoms with Gasteiger partial charge in [0, 0.05) is 16.0 Å². The Hall–Kier alpha value is -1.97. The first-order valence-electron chi connectivity index (χ1n) is 5.31. The highest BCUT2D eigenvalue weighted by Gasteiger charge is 2.05. The molecular weight excluding hydrogens is 254 g/mol. The van der Waals surface area contributed by atoms with E-state index >= 15 is 0 Å². The van der Waals surface area contributed by atoms with Gasteiger partial charge in [0.15, 0.2) is 0 Å². The van der Waals surface area contributed by atoms with Crippen molar-refractivity contribution >= 4 is 23.1 Å². The highest BCUT2D eigenvalue weighted by atomic mass is 35.5. The first kappa shape index (κ1) is 14.1. The van der Waals surface area contributed by atoms with Crippen molar-refractivity contribution < 1.29 is 9.53 Å². The minimum absolute atomic E-state index is 0.0803. The molecule has 0 radical (unpaired) electrons. The van der Waals surface area contributed by atoms with Crippen LogP contribution in [0.25, 0.3) is 16.0 Å². The van der Waals surface area contributed by atoms with Gasteiger partial charge in [0.1, 0.15) is 0 Å². The predicted molar refractivity (Wildman–Crippen MR) is 70.1 cm³/mol. The molecule has 94 valence electrons. The van der Waals surface area contributed by atoms with E-state index in [1.54, 1.807) is 31.2 Å². The second-order valence-electron chi connectivity index (χ2n) is 3.32. The maximum absolute atomic E-state index is 11.4. The zero-order valence-corrected chi connectivity index (χ0v) is 10.6. The van der Waals surface area contributed by atoms with E-state index in [4.69, 9.17) is 21.9 Å². The molecule has 1 aromatic rings. The average Bonchev–Trinajstić information content (AvgIpc) is 2.36. The van der Waals surface area contributed by atoms with Gasteiger partial charge in [-0.05, 0) is 35.7 Å². The molecule has 0 unspecified atom stereocenters. The van der Waals surface area contributed by atoms with Crippen molar-refractivity contribution in [3.05, 3.63) is 51.4 Å². The standard InChI is InChI=1S/C12H12ClN3O2/c1-2-18-12(17)7-10(8-15-16-14)9-3-5-11(13)6-4-9/h3-7H,2,8H2,1H3. The Morgan fingerprint density at radius 2 is 2.17 bits per heavy atom. The molecule has 0 amide bonds. The third-order valence-electron chi connectivity index (χ3n) is 2.10. The number of hydrogen-bond acceptors (Lipinski definition) is 3. The zero-order chi connectivity index (χ0) is 13.4. The molecule has 0 heterocycles. The fraction of sp³-hybridized carbons (Fsp3) is 0.250. The number of azide groups is 1. The van der Waals surface area contributed by atoms with Gasteiger partial charge in [-0.25, -0.2) is 4.79 Å². The molecule has 0 bridgehead atoms. The van der Waals surface area contributed by atoms with Gasteiger partial charge in [-0.1, -0.05) is 28.8 Å². The van der Waals surface area contributed by atoms with Gasteiger partial charge < -0.3 is 4.74 Å². The van der Waals surface area contributed by atoms with Gasteiger partial charge in [-0.3, -0.25) is 0 Å². The Balaban J connectivity index is 3.00. The van der Waals surface area contributed by atoms with Gasteiger partial charge in [-0.2, -0.15) is 0 Å². The summed E-state index contributed by atoms with van der Waals surface area (Å²) in [5, 5.41) is 4.05. The molecule has 0 fully saturated rings. The second-order valence-corrected chi connectivity index (χ2v) is 3.75. The van der Waals surface area contributed by atoms with Crippen LogP contribution in [0.2, 0.25) is 5.02 Å². The number of nitrogens with zero attached hydrogens (tertiary/aromatic N) is 3. The molecule has 6 heteroatoms. The minimum atomic E-state index is -0.462. The normalized spacial score (nSPS) is 10.7. The van der Waals surface area contributed by atoms with E-state index < -0.39 is 5.97 Å². The molecule has 0 saturated heterocycles. The Morgan fingerprint density at radius 3 is 2.72 bits per heavy atom. The summed E-state index contributed by atoms with van der Waals surface area (Å²) in [6, 6.07) is 6.90. The SMILES string of the molecule is CCOC(=O)C=C(CN=[N+]=[N-])c1ccc(Cl)cc1. The van der Waals surface area contributed by atoms with Crippen LogP contribution in [0.5, 0.6) is 0 Å². The lowest BCUT2D eigenvalue weighted by Gasteiger charge is -2.05. The molecule has 5 nitrogen and oxygen atoms in total. The van der Waals surface area contributed by atoms with Crippen LogP contribution in [0.1, 0.15) is 12.5 Å². The second kappa shape index (κ2) is 7.37. The highest BCUT2D eigenvalue weighted by molar-refractivity contribution is 6.30. The first-order chi connectivity index (χ1) is 8.67. The summed E-state index contributed by atoms with van der Waals surface area (Å²) in [4.78, 5) is 14.1. The van der Waals surface area contributed by atoms with Crippen LogP contribution in [0.4, 0.5) is 0 Å². The quantitative estimate of drug-likeness (QED) is 0.268. The summed E-state index contributed by atoms with van der Waals surface area (Å²) < 4.78 is 4.82.